The largest absolute Gasteiger partial charge is 0.405 e. The zero-order valence-electron chi connectivity index (χ0n) is 20.2. The maximum Gasteiger partial charge on any atom is 0.318 e. The molecule has 0 saturated carbocycles. The smallest absolute Gasteiger partial charge is 0.318 e. The molecule has 182 valence electrons. The summed E-state index contributed by atoms with van der Waals surface area (Å²) in [5.41, 5.74) is 6.97. The Morgan fingerprint density at radius 1 is 1.00 bits per heavy atom. The van der Waals surface area contributed by atoms with Crippen LogP contribution in [-0.4, -0.2) is 48.0 Å². The van der Waals surface area contributed by atoms with Crippen LogP contribution < -0.4 is 4.90 Å². The van der Waals surface area contributed by atoms with Crippen molar-refractivity contribution in [1.82, 2.24) is 29.8 Å². The third-order valence-corrected chi connectivity index (χ3v) is 6.78. The maximum atomic E-state index is 9.66. The molecule has 0 aliphatic carbocycles. The first-order valence-electron chi connectivity index (χ1n) is 12.2. The van der Waals surface area contributed by atoms with Gasteiger partial charge in [0.2, 0.25) is 5.89 Å². The highest BCUT2D eigenvalue weighted by Gasteiger charge is 2.26. The number of rotatable bonds is 5. The summed E-state index contributed by atoms with van der Waals surface area (Å²) in [5, 5.41) is 22.3. The number of pyridine rings is 1. The molecule has 1 aromatic carbocycles. The second-order valence-electron chi connectivity index (χ2n) is 9.27. The second-order valence-corrected chi connectivity index (χ2v) is 9.27. The molecule has 36 heavy (non-hydrogen) atoms. The summed E-state index contributed by atoms with van der Waals surface area (Å²) >= 11 is 0. The van der Waals surface area contributed by atoms with Crippen LogP contribution >= 0.6 is 0 Å². The van der Waals surface area contributed by atoms with Crippen LogP contribution in [0.2, 0.25) is 0 Å². The monoisotopic (exact) mass is 481 g/mol. The summed E-state index contributed by atoms with van der Waals surface area (Å²) in [4.78, 5) is 11.8. The molecule has 9 nitrogen and oxygen atoms in total. The van der Waals surface area contributed by atoms with Crippen LogP contribution in [0.3, 0.4) is 0 Å². The van der Waals surface area contributed by atoms with Crippen LogP contribution in [0.4, 0.5) is 6.01 Å². The Morgan fingerprint density at radius 2 is 1.81 bits per heavy atom. The minimum Gasteiger partial charge on any atom is -0.405 e. The average molecular weight is 482 g/mol. The molecule has 0 spiro atoms. The van der Waals surface area contributed by atoms with Gasteiger partial charge in [0.25, 0.3) is 0 Å². The molecule has 0 radical (unpaired) electrons. The van der Waals surface area contributed by atoms with Gasteiger partial charge in [0.05, 0.1) is 11.9 Å². The van der Waals surface area contributed by atoms with Crippen molar-refractivity contribution in [3.05, 3.63) is 78.2 Å². The predicted octanol–water partition coefficient (Wildman–Crippen LogP) is 4.59. The molecule has 1 N–H and O–H groups in total. The van der Waals surface area contributed by atoms with Gasteiger partial charge in [0, 0.05) is 53.3 Å². The van der Waals surface area contributed by atoms with Gasteiger partial charge in [-0.3, -0.25) is 4.98 Å². The Morgan fingerprint density at radius 3 is 2.50 bits per heavy atom. The molecule has 1 atom stereocenters. The van der Waals surface area contributed by atoms with Gasteiger partial charge in [-0.15, -0.1) is 5.10 Å². The molecule has 9 heteroatoms. The fraction of sp³-hybridized carbons (Fsp3) is 0.296. The van der Waals surface area contributed by atoms with Crippen molar-refractivity contribution in [2.24, 2.45) is 0 Å². The molecule has 0 bridgehead atoms. The molecule has 0 amide bonds. The Labute approximate surface area is 208 Å². The van der Waals surface area contributed by atoms with Crippen molar-refractivity contribution in [1.29, 1.82) is 0 Å². The molecule has 6 rings (SSSR count). The lowest BCUT2D eigenvalue weighted by molar-refractivity contribution is 0.163. The van der Waals surface area contributed by atoms with Crippen molar-refractivity contribution in [3.8, 4) is 22.4 Å². The highest BCUT2D eigenvalue weighted by molar-refractivity contribution is 5.77. The van der Waals surface area contributed by atoms with E-state index in [-0.39, 0.29) is 5.89 Å². The Bertz CT molecular complexity index is 1480. The first-order chi connectivity index (χ1) is 17.6. The number of piperidine rings is 1. The van der Waals surface area contributed by atoms with Gasteiger partial charge in [-0.1, -0.05) is 41.5 Å². The van der Waals surface area contributed by atoms with Crippen molar-refractivity contribution in [2.75, 3.05) is 18.0 Å². The number of aryl methyl sites for hydroxylation is 1. The number of hydrogen-bond donors (Lipinski definition) is 1. The van der Waals surface area contributed by atoms with E-state index in [0.717, 1.165) is 65.4 Å². The summed E-state index contributed by atoms with van der Waals surface area (Å²) in [6.07, 6.45) is 4.85. The molecule has 4 aromatic heterocycles. The number of anilines is 1. The van der Waals surface area contributed by atoms with E-state index in [1.807, 2.05) is 41.2 Å². The first kappa shape index (κ1) is 22.4. The minimum atomic E-state index is -0.766. The zero-order chi connectivity index (χ0) is 24.6. The van der Waals surface area contributed by atoms with E-state index < -0.39 is 6.10 Å². The molecule has 1 aliphatic rings. The first-order valence-corrected chi connectivity index (χ1v) is 12.2. The van der Waals surface area contributed by atoms with E-state index >= 15 is 0 Å². The van der Waals surface area contributed by atoms with Crippen molar-refractivity contribution in [2.45, 2.75) is 38.7 Å². The van der Waals surface area contributed by atoms with Crippen molar-refractivity contribution >= 4 is 11.7 Å². The van der Waals surface area contributed by atoms with Crippen LogP contribution in [0, 0.1) is 6.92 Å². The topological polar surface area (TPSA) is 105 Å². The lowest BCUT2D eigenvalue weighted by Crippen LogP contribution is -2.33. The number of hydrogen-bond acceptors (Lipinski definition) is 8. The van der Waals surface area contributed by atoms with Gasteiger partial charge in [-0.05, 0) is 38.8 Å². The molecule has 5 aromatic rings. The van der Waals surface area contributed by atoms with Gasteiger partial charge in [-0.2, -0.15) is 5.10 Å². The number of aliphatic hydroxyl groups is 1. The number of aliphatic hydroxyl groups excluding tert-OH is 1. The number of fused-ring (bicyclic) bond motifs is 1. The van der Waals surface area contributed by atoms with E-state index in [1.54, 1.807) is 6.92 Å². The van der Waals surface area contributed by atoms with Crippen molar-refractivity contribution in [3.63, 3.8) is 0 Å². The fourth-order valence-electron chi connectivity index (χ4n) is 4.77. The van der Waals surface area contributed by atoms with Crippen LogP contribution in [-0.2, 0) is 0 Å². The van der Waals surface area contributed by atoms with Crippen LogP contribution in [0.5, 0.6) is 0 Å². The Kier molecular flexibility index (Phi) is 5.69. The summed E-state index contributed by atoms with van der Waals surface area (Å²) < 4.78 is 7.51. The second kappa shape index (κ2) is 9.16. The molecule has 1 saturated heterocycles. The summed E-state index contributed by atoms with van der Waals surface area (Å²) in [5.74, 6) is 0.569. The summed E-state index contributed by atoms with van der Waals surface area (Å²) in [7, 11) is 0. The van der Waals surface area contributed by atoms with Gasteiger partial charge in [-0.25, -0.2) is 9.50 Å². The molecular formula is C27H27N7O2. The van der Waals surface area contributed by atoms with Crippen LogP contribution in [0.25, 0.3) is 28.0 Å². The molecule has 1 aliphatic heterocycles. The zero-order valence-corrected chi connectivity index (χ0v) is 20.2. The van der Waals surface area contributed by atoms with Gasteiger partial charge < -0.3 is 14.4 Å². The van der Waals surface area contributed by atoms with E-state index in [4.69, 9.17) is 14.4 Å². The highest BCUT2D eigenvalue weighted by Crippen LogP contribution is 2.32. The molecule has 1 fully saturated rings. The summed E-state index contributed by atoms with van der Waals surface area (Å²) in [6, 6.07) is 16.9. The van der Waals surface area contributed by atoms with E-state index in [2.05, 4.69) is 51.4 Å². The van der Waals surface area contributed by atoms with Crippen LogP contribution in [0.15, 0.2) is 65.3 Å². The lowest BCUT2D eigenvalue weighted by atomic mass is 9.93. The molecule has 5 heterocycles. The average Bonchev–Trinajstić information content (AvgIpc) is 3.58. The Balaban J connectivity index is 1.24. The number of benzene rings is 1. The minimum absolute atomic E-state index is 0.245. The van der Waals surface area contributed by atoms with E-state index in [1.165, 1.54) is 0 Å². The van der Waals surface area contributed by atoms with Crippen molar-refractivity contribution < 1.29 is 9.52 Å². The maximum absolute atomic E-state index is 9.66. The predicted molar refractivity (Wildman–Crippen MR) is 136 cm³/mol. The van der Waals surface area contributed by atoms with Gasteiger partial charge in [0.15, 0.2) is 5.65 Å². The fourth-order valence-corrected chi connectivity index (χ4v) is 4.77. The summed E-state index contributed by atoms with van der Waals surface area (Å²) in [6.45, 7) is 5.26. The quantitative estimate of drug-likeness (QED) is 0.389. The third kappa shape index (κ3) is 4.11. The van der Waals surface area contributed by atoms with Gasteiger partial charge in [0.1, 0.15) is 6.10 Å². The standard InChI is InChI=1S/C27H27N7O2/c1-17-14-24(20-10-12-33(13-11-20)27-32-31-26(36-27)18(2)35)30-25-22(16-29-34(17)25)21-8-9-23(28-15-21)19-6-4-3-5-7-19/h3-9,14-16,18,20,35H,10-13H2,1-2H3. The normalized spacial score (nSPS) is 15.5. The number of nitrogens with zero attached hydrogens (tertiary/aromatic N) is 7. The lowest BCUT2D eigenvalue weighted by Gasteiger charge is -2.30. The van der Waals surface area contributed by atoms with Crippen LogP contribution in [0.1, 0.15) is 49.1 Å². The van der Waals surface area contributed by atoms with E-state index in [9.17, 15) is 5.11 Å². The van der Waals surface area contributed by atoms with E-state index in [0.29, 0.717) is 11.9 Å². The highest BCUT2D eigenvalue weighted by atomic mass is 16.4. The molecule has 1 unspecified atom stereocenters. The van der Waals surface area contributed by atoms with Gasteiger partial charge >= 0.3 is 6.01 Å². The third-order valence-electron chi connectivity index (χ3n) is 6.78. The molecular weight excluding hydrogens is 454 g/mol. The number of aromatic nitrogens is 6. The SMILES string of the molecule is Cc1cc(C2CCN(c3nnc(C(C)O)o3)CC2)nc2c(-c3ccc(-c4ccccc4)nc3)cnn12. The Hall–Kier alpha value is -4.11.